The second kappa shape index (κ2) is 5.78. The molecule has 1 aliphatic heterocycles. The predicted octanol–water partition coefficient (Wildman–Crippen LogP) is 1.81. The van der Waals surface area contributed by atoms with Crippen LogP contribution >= 0.6 is 0 Å². The van der Waals surface area contributed by atoms with Crippen molar-refractivity contribution in [1.82, 2.24) is 15.2 Å². The van der Waals surface area contributed by atoms with Crippen LogP contribution in [0.25, 0.3) is 0 Å². The Morgan fingerprint density at radius 1 is 1.45 bits per heavy atom. The number of hydrogen-bond acceptors (Lipinski definition) is 3. The molecule has 110 valence electrons. The first-order valence-electron chi connectivity index (χ1n) is 6.38. The van der Waals surface area contributed by atoms with Crippen molar-refractivity contribution in [3.63, 3.8) is 0 Å². The summed E-state index contributed by atoms with van der Waals surface area (Å²) in [5, 5.41) is 3.04. The minimum Gasteiger partial charge on any atom is -0.344 e. The van der Waals surface area contributed by atoms with Gasteiger partial charge >= 0.3 is 6.18 Å². The summed E-state index contributed by atoms with van der Waals surface area (Å²) in [7, 11) is 1.74. The van der Waals surface area contributed by atoms with Gasteiger partial charge in [0.1, 0.15) is 0 Å². The number of pyridine rings is 1. The van der Waals surface area contributed by atoms with E-state index < -0.39 is 11.7 Å². The van der Waals surface area contributed by atoms with Gasteiger partial charge in [-0.2, -0.15) is 13.2 Å². The number of likely N-dealkylation sites (tertiary alicyclic amines) is 1. The zero-order chi connectivity index (χ0) is 14.8. The van der Waals surface area contributed by atoms with Crippen LogP contribution in [-0.2, 0) is 17.5 Å². The van der Waals surface area contributed by atoms with Crippen LogP contribution in [0.5, 0.6) is 0 Å². The van der Waals surface area contributed by atoms with Gasteiger partial charge in [0.2, 0.25) is 5.91 Å². The molecule has 2 heterocycles. The summed E-state index contributed by atoms with van der Waals surface area (Å²) in [6.45, 7) is 1.03. The molecule has 1 aromatic heterocycles. The minimum atomic E-state index is -4.37. The van der Waals surface area contributed by atoms with Crippen LogP contribution in [0.15, 0.2) is 18.3 Å². The van der Waals surface area contributed by atoms with Crippen molar-refractivity contribution in [1.29, 1.82) is 0 Å². The van der Waals surface area contributed by atoms with Crippen LogP contribution in [0.1, 0.15) is 24.1 Å². The van der Waals surface area contributed by atoms with Crippen LogP contribution < -0.4 is 5.32 Å². The van der Waals surface area contributed by atoms with Crippen molar-refractivity contribution in [3.8, 4) is 0 Å². The molecule has 0 bridgehead atoms. The smallest absolute Gasteiger partial charge is 0.344 e. The first-order chi connectivity index (χ1) is 9.38. The minimum absolute atomic E-state index is 0.0168. The van der Waals surface area contributed by atoms with Gasteiger partial charge in [0, 0.05) is 26.3 Å². The van der Waals surface area contributed by atoms with E-state index in [0.717, 1.165) is 31.6 Å². The monoisotopic (exact) mass is 287 g/mol. The average molecular weight is 287 g/mol. The highest BCUT2D eigenvalue weighted by molar-refractivity contribution is 5.82. The molecule has 0 spiro atoms. The highest BCUT2D eigenvalue weighted by Crippen LogP contribution is 2.28. The summed E-state index contributed by atoms with van der Waals surface area (Å²) in [5.41, 5.74) is -0.284. The summed E-state index contributed by atoms with van der Waals surface area (Å²) in [5.74, 6) is 0.0168. The molecule has 1 aliphatic rings. The van der Waals surface area contributed by atoms with E-state index in [9.17, 15) is 18.0 Å². The number of nitrogens with zero attached hydrogens (tertiary/aromatic N) is 2. The van der Waals surface area contributed by atoms with E-state index in [0.29, 0.717) is 5.69 Å². The normalized spacial score (nSPS) is 20.3. The van der Waals surface area contributed by atoms with Crippen LogP contribution in [0.2, 0.25) is 0 Å². The Kier molecular flexibility index (Phi) is 4.27. The molecule has 0 radical (unpaired) electrons. The molecule has 0 aliphatic carbocycles. The number of halogens is 3. The Balaban J connectivity index is 1.92. The van der Waals surface area contributed by atoms with Crippen molar-refractivity contribution >= 4 is 5.91 Å². The van der Waals surface area contributed by atoms with Crippen molar-refractivity contribution < 1.29 is 18.0 Å². The molecule has 20 heavy (non-hydrogen) atoms. The highest BCUT2D eigenvalue weighted by atomic mass is 19.4. The number of carbonyl (C=O) groups is 1. The lowest BCUT2D eigenvalue weighted by Gasteiger charge is -2.29. The summed E-state index contributed by atoms with van der Waals surface area (Å²) in [6.07, 6.45) is -1.91. The number of alkyl halides is 3. The summed E-state index contributed by atoms with van der Waals surface area (Å²) in [6, 6.07) is 2.05. The fraction of sp³-hybridized carbons (Fsp3) is 0.538. The quantitative estimate of drug-likeness (QED) is 0.922. The first-order valence-corrected chi connectivity index (χ1v) is 6.38. The van der Waals surface area contributed by atoms with Crippen LogP contribution in [0, 0.1) is 0 Å². The number of amides is 1. The van der Waals surface area contributed by atoms with Gasteiger partial charge in [-0.05, 0) is 25.0 Å². The third kappa shape index (κ3) is 3.47. The lowest BCUT2D eigenvalue weighted by molar-refractivity contribution is -0.137. The summed E-state index contributed by atoms with van der Waals surface area (Å²) >= 11 is 0. The van der Waals surface area contributed by atoms with E-state index in [1.165, 1.54) is 6.07 Å². The molecule has 0 aromatic carbocycles. The SMILES string of the molecule is CN1CCCC(NCc2ccc(C(F)(F)F)cn2)C1=O. The van der Waals surface area contributed by atoms with E-state index >= 15 is 0 Å². The molecule has 2 rings (SSSR count). The molecule has 0 saturated carbocycles. The third-order valence-electron chi connectivity index (χ3n) is 3.34. The van der Waals surface area contributed by atoms with Crippen molar-refractivity contribution in [2.24, 2.45) is 0 Å². The molecule has 1 atom stereocenters. The maximum absolute atomic E-state index is 12.4. The van der Waals surface area contributed by atoms with Crippen LogP contribution in [0.4, 0.5) is 13.2 Å². The van der Waals surface area contributed by atoms with E-state index in [-0.39, 0.29) is 18.5 Å². The first kappa shape index (κ1) is 14.8. The molecule has 4 nitrogen and oxygen atoms in total. The summed E-state index contributed by atoms with van der Waals surface area (Å²) < 4.78 is 37.2. The predicted molar refractivity (Wildman–Crippen MR) is 66.7 cm³/mol. The Morgan fingerprint density at radius 2 is 2.20 bits per heavy atom. The highest BCUT2D eigenvalue weighted by Gasteiger charge is 2.30. The van der Waals surface area contributed by atoms with Gasteiger partial charge in [0.15, 0.2) is 0 Å². The van der Waals surface area contributed by atoms with Crippen molar-refractivity contribution in [3.05, 3.63) is 29.6 Å². The van der Waals surface area contributed by atoms with Gasteiger partial charge in [-0.25, -0.2) is 0 Å². The Morgan fingerprint density at radius 3 is 2.80 bits per heavy atom. The largest absolute Gasteiger partial charge is 0.417 e. The maximum atomic E-state index is 12.4. The lowest BCUT2D eigenvalue weighted by Crippen LogP contribution is -2.48. The molecule has 1 unspecified atom stereocenters. The third-order valence-corrected chi connectivity index (χ3v) is 3.34. The maximum Gasteiger partial charge on any atom is 0.417 e. The van der Waals surface area contributed by atoms with Crippen LogP contribution in [0.3, 0.4) is 0 Å². The topological polar surface area (TPSA) is 45.2 Å². The second-order valence-electron chi connectivity index (χ2n) is 4.87. The fourth-order valence-electron chi connectivity index (χ4n) is 2.15. The van der Waals surface area contributed by atoms with Gasteiger partial charge < -0.3 is 10.2 Å². The number of nitrogens with one attached hydrogen (secondary N) is 1. The average Bonchev–Trinajstić information content (AvgIpc) is 2.40. The molecular formula is C13H16F3N3O. The Hall–Kier alpha value is -1.63. The van der Waals surface area contributed by atoms with E-state index in [4.69, 9.17) is 0 Å². The molecule has 1 N–H and O–H groups in total. The van der Waals surface area contributed by atoms with Gasteiger partial charge in [0.05, 0.1) is 17.3 Å². The lowest BCUT2D eigenvalue weighted by atomic mass is 10.1. The number of likely N-dealkylation sites (N-methyl/N-ethyl adjacent to an activating group) is 1. The summed E-state index contributed by atoms with van der Waals surface area (Å²) in [4.78, 5) is 17.2. The molecule has 1 amide bonds. The molecule has 7 heteroatoms. The fourth-order valence-corrected chi connectivity index (χ4v) is 2.15. The number of piperidine rings is 1. The Bertz CT molecular complexity index is 473. The number of aromatic nitrogens is 1. The van der Waals surface area contributed by atoms with Gasteiger partial charge in [-0.3, -0.25) is 9.78 Å². The van der Waals surface area contributed by atoms with Gasteiger partial charge in [-0.1, -0.05) is 0 Å². The number of carbonyl (C=O) groups excluding carboxylic acids is 1. The standard InChI is InChI=1S/C13H16F3N3O/c1-19-6-2-3-11(12(19)20)18-8-10-5-4-9(7-17-10)13(14,15)16/h4-5,7,11,18H,2-3,6,8H2,1H3. The van der Waals surface area contributed by atoms with Gasteiger partial charge in [-0.15, -0.1) is 0 Å². The van der Waals surface area contributed by atoms with E-state index in [2.05, 4.69) is 10.3 Å². The zero-order valence-corrected chi connectivity index (χ0v) is 11.1. The Labute approximate surface area is 115 Å². The molecular weight excluding hydrogens is 271 g/mol. The molecule has 1 fully saturated rings. The number of hydrogen-bond donors (Lipinski definition) is 1. The van der Waals surface area contributed by atoms with E-state index in [1.807, 2.05) is 0 Å². The molecule has 1 saturated heterocycles. The van der Waals surface area contributed by atoms with E-state index in [1.54, 1.807) is 11.9 Å². The van der Waals surface area contributed by atoms with Crippen molar-refractivity contribution in [2.75, 3.05) is 13.6 Å². The number of rotatable bonds is 3. The van der Waals surface area contributed by atoms with Gasteiger partial charge in [0.25, 0.3) is 0 Å². The van der Waals surface area contributed by atoms with Crippen molar-refractivity contribution in [2.45, 2.75) is 31.6 Å². The second-order valence-corrected chi connectivity index (χ2v) is 4.87. The van der Waals surface area contributed by atoms with Crippen LogP contribution in [-0.4, -0.2) is 35.4 Å². The zero-order valence-electron chi connectivity index (χ0n) is 11.1. The molecule has 1 aromatic rings.